The summed E-state index contributed by atoms with van der Waals surface area (Å²) in [6, 6.07) is 8.80. The highest BCUT2D eigenvalue weighted by atomic mass is 32.2. The van der Waals surface area contributed by atoms with Gasteiger partial charge in [0.2, 0.25) is 10.0 Å². The molecule has 27 heavy (non-hydrogen) atoms. The lowest BCUT2D eigenvalue weighted by atomic mass is 10.1. The van der Waals surface area contributed by atoms with E-state index in [0.29, 0.717) is 25.3 Å². The number of carbonyl (C=O) groups excluding carboxylic acids is 1. The van der Waals surface area contributed by atoms with Gasteiger partial charge in [0, 0.05) is 31.4 Å². The summed E-state index contributed by atoms with van der Waals surface area (Å²) in [5.41, 5.74) is 1.61. The molecule has 1 aliphatic rings. The predicted molar refractivity (Wildman–Crippen MR) is 103 cm³/mol. The molecule has 0 atom stereocenters. The van der Waals surface area contributed by atoms with Gasteiger partial charge in [0.15, 0.2) is 5.76 Å². The number of anilines is 1. The van der Waals surface area contributed by atoms with Crippen molar-refractivity contribution in [3.05, 3.63) is 47.4 Å². The summed E-state index contributed by atoms with van der Waals surface area (Å²) in [4.78, 5) is 12.7. The van der Waals surface area contributed by atoms with E-state index in [4.69, 9.17) is 4.42 Å². The fourth-order valence-electron chi connectivity index (χ4n) is 3.14. The Labute approximate surface area is 159 Å². The lowest BCUT2D eigenvalue weighted by Gasteiger charge is -2.14. The normalized spacial score (nSPS) is 15.2. The lowest BCUT2D eigenvalue weighted by molar-refractivity contribution is 0.0995. The number of benzene rings is 1. The molecule has 0 unspecified atom stereocenters. The molecule has 2 N–H and O–H groups in total. The minimum absolute atomic E-state index is 0.0106. The van der Waals surface area contributed by atoms with Crippen molar-refractivity contribution in [2.45, 2.75) is 38.1 Å². The molecule has 1 fully saturated rings. The summed E-state index contributed by atoms with van der Waals surface area (Å²) in [5, 5.41) is 6.04. The molecule has 7 nitrogen and oxygen atoms in total. The number of para-hydroxylation sites is 1. The van der Waals surface area contributed by atoms with Crippen LogP contribution in [0.2, 0.25) is 0 Å². The molecule has 1 amide bonds. The van der Waals surface area contributed by atoms with E-state index in [9.17, 15) is 13.2 Å². The van der Waals surface area contributed by atoms with Crippen LogP contribution in [0.15, 0.2) is 39.6 Å². The van der Waals surface area contributed by atoms with E-state index in [1.54, 1.807) is 6.92 Å². The predicted octanol–water partition coefficient (Wildman–Crippen LogP) is 2.73. The van der Waals surface area contributed by atoms with E-state index >= 15 is 0 Å². The monoisotopic (exact) mass is 391 g/mol. The molecule has 146 valence electrons. The number of nitrogens with one attached hydrogen (secondary N) is 2. The number of nitrogens with zero attached hydrogens (tertiary/aromatic N) is 1. The standard InChI is InChI=1S/C19H25N3O4S/c1-3-20-13-15-8-4-5-9-16(15)21-19(23)17-12-18(14(2)26-17)27(24,25)22-10-6-7-11-22/h4-5,8-9,12,20H,3,6-7,10-11,13H2,1-2H3,(H,21,23). The second-order valence-corrected chi connectivity index (χ2v) is 8.44. The summed E-state index contributed by atoms with van der Waals surface area (Å²) >= 11 is 0. The van der Waals surface area contributed by atoms with Gasteiger partial charge in [-0.1, -0.05) is 25.1 Å². The third kappa shape index (κ3) is 4.23. The third-order valence-corrected chi connectivity index (χ3v) is 6.62. The van der Waals surface area contributed by atoms with Crippen LogP contribution in [0.4, 0.5) is 5.69 Å². The summed E-state index contributed by atoms with van der Waals surface area (Å²) in [7, 11) is -3.63. The maximum Gasteiger partial charge on any atom is 0.291 e. The molecule has 0 spiro atoms. The average molecular weight is 391 g/mol. The molecule has 1 aliphatic heterocycles. The Morgan fingerprint density at radius 1 is 1.22 bits per heavy atom. The van der Waals surface area contributed by atoms with Crippen molar-refractivity contribution in [1.29, 1.82) is 0 Å². The van der Waals surface area contributed by atoms with E-state index in [1.807, 2.05) is 31.2 Å². The first-order valence-electron chi connectivity index (χ1n) is 9.14. The maximum atomic E-state index is 12.7. The van der Waals surface area contributed by atoms with Crippen LogP contribution in [0.25, 0.3) is 0 Å². The number of rotatable bonds is 7. The molecule has 1 aromatic carbocycles. The van der Waals surface area contributed by atoms with Crippen molar-refractivity contribution >= 4 is 21.6 Å². The number of hydrogen-bond acceptors (Lipinski definition) is 5. The Morgan fingerprint density at radius 3 is 2.63 bits per heavy atom. The van der Waals surface area contributed by atoms with Gasteiger partial charge in [-0.25, -0.2) is 8.42 Å². The van der Waals surface area contributed by atoms with Crippen molar-refractivity contribution in [2.75, 3.05) is 25.0 Å². The van der Waals surface area contributed by atoms with Crippen molar-refractivity contribution in [3.63, 3.8) is 0 Å². The van der Waals surface area contributed by atoms with Crippen LogP contribution < -0.4 is 10.6 Å². The van der Waals surface area contributed by atoms with Crippen LogP contribution in [-0.4, -0.2) is 38.3 Å². The van der Waals surface area contributed by atoms with Crippen LogP contribution in [-0.2, 0) is 16.6 Å². The minimum atomic E-state index is -3.63. The summed E-state index contributed by atoms with van der Waals surface area (Å²) in [5.74, 6) is -0.249. The zero-order valence-corrected chi connectivity index (χ0v) is 16.4. The Kier molecular flexibility index (Phi) is 5.98. The number of hydrogen-bond donors (Lipinski definition) is 2. The van der Waals surface area contributed by atoms with Crippen molar-refractivity contribution in [1.82, 2.24) is 9.62 Å². The molecule has 1 aromatic heterocycles. The van der Waals surface area contributed by atoms with E-state index in [1.165, 1.54) is 10.4 Å². The number of furan rings is 1. The van der Waals surface area contributed by atoms with Gasteiger partial charge >= 0.3 is 0 Å². The second kappa shape index (κ2) is 8.24. The molecule has 2 aromatic rings. The smallest absolute Gasteiger partial charge is 0.291 e. The van der Waals surface area contributed by atoms with Crippen molar-refractivity contribution < 1.29 is 17.6 Å². The van der Waals surface area contributed by atoms with E-state index in [0.717, 1.165) is 24.9 Å². The van der Waals surface area contributed by atoms with Gasteiger partial charge in [0.1, 0.15) is 10.7 Å². The van der Waals surface area contributed by atoms with E-state index in [2.05, 4.69) is 10.6 Å². The number of amides is 1. The second-order valence-electron chi connectivity index (χ2n) is 6.53. The topological polar surface area (TPSA) is 91.6 Å². The van der Waals surface area contributed by atoms with Crippen LogP contribution >= 0.6 is 0 Å². The number of carbonyl (C=O) groups is 1. The fraction of sp³-hybridized carbons (Fsp3) is 0.421. The molecule has 8 heteroatoms. The van der Waals surface area contributed by atoms with E-state index in [-0.39, 0.29) is 16.4 Å². The first kappa shape index (κ1) is 19.6. The Balaban J connectivity index is 1.81. The van der Waals surface area contributed by atoms with Crippen LogP contribution in [0.3, 0.4) is 0 Å². The zero-order valence-electron chi connectivity index (χ0n) is 15.6. The lowest BCUT2D eigenvalue weighted by Crippen LogP contribution is -2.28. The van der Waals surface area contributed by atoms with Crippen LogP contribution in [0.1, 0.15) is 41.6 Å². The highest BCUT2D eigenvalue weighted by Gasteiger charge is 2.31. The Bertz CT molecular complexity index is 915. The molecule has 0 bridgehead atoms. The van der Waals surface area contributed by atoms with Gasteiger partial charge in [0.05, 0.1) is 0 Å². The van der Waals surface area contributed by atoms with Crippen molar-refractivity contribution in [3.8, 4) is 0 Å². The summed E-state index contributed by atoms with van der Waals surface area (Å²) < 4.78 is 32.4. The SMILES string of the molecule is CCNCc1ccccc1NC(=O)c1cc(S(=O)(=O)N2CCCC2)c(C)o1. The Hall–Kier alpha value is -2.16. The summed E-state index contributed by atoms with van der Waals surface area (Å²) in [6.07, 6.45) is 1.71. The average Bonchev–Trinajstić information content (AvgIpc) is 3.31. The number of aryl methyl sites for hydroxylation is 1. The van der Waals surface area contributed by atoms with Gasteiger partial charge < -0.3 is 15.1 Å². The highest BCUT2D eigenvalue weighted by molar-refractivity contribution is 7.89. The van der Waals surface area contributed by atoms with Gasteiger partial charge in [-0.2, -0.15) is 4.31 Å². The molecule has 2 heterocycles. The largest absolute Gasteiger partial charge is 0.455 e. The van der Waals surface area contributed by atoms with Gasteiger partial charge in [-0.3, -0.25) is 4.79 Å². The van der Waals surface area contributed by atoms with Gasteiger partial charge in [-0.05, 0) is 37.9 Å². The third-order valence-electron chi connectivity index (χ3n) is 4.61. The molecule has 1 saturated heterocycles. The zero-order chi connectivity index (χ0) is 19.4. The molecule has 0 radical (unpaired) electrons. The van der Waals surface area contributed by atoms with Crippen molar-refractivity contribution in [2.24, 2.45) is 0 Å². The Morgan fingerprint density at radius 2 is 1.93 bits per heavy atom. The molecular formula is C19H25N3O4S. The van der Waals surface area contributed by atoms with Gasteiger partial charge in [0.25, 0.3) is 5.91 Å². The molecule has 0 aliphatic carbocycles. The minimum Gasteiger partial charge on any atom is -0.455 e. The summed E-state index contributed by atoms with van der Waals surface area (Å²) in [6.45, 7) is 6.03. The van der Waals surface area contributed by atoms with Crippen LogP contribution in [0.5, 0.6) is 0 Å². The molecule has 0 saturated carbocycles. The quantitative estimate of drug-likeness (QED) is 0.757. The maximum absolute atomic E-state index is 12.7. The molecule has 3 rings (SSSR count). The van der Waals surface area contributed by atoms with E-state index < -0.39 is 15.9 Å². The fourth-order valence-corrected chi connectivity index (χ4v) is 4.82. The number of sulfonamides is 1. The first-order chi connectivity index (χ1) is 12.9. The highest BCUT2D eigenvalue weighted by Crippen LogP contribution is 2.27. The van der Waals surface area contributed by atoms with Crippen LogP contribution in [0, 0.1) is 6.92 Å². The molecular weight excluding hydrogens is 366 g/mol. The first-order valence-corrected chi connectivity index (χ1v) is 10.6. The van der Waals surface area contributed by atoms with Gasteiger partial charge in [-0.15, -0.1) is 0 Å².